The van der Waals surface area contributed by atoms with Gasteiger partial charge in [-0.1, -0.05) is 0 Å². The van der Waals surface area contributed by atoms with Gasteiger partial charge in [0.1, 0.15) is 5.69 Å². The Morgan fingerprint density at radius 1 is 1.33 bits per heavy atom. The van der Waals surface area contributed by atoms with E-state index < -0.39 is 0 Å². The molecule has 0 spiro atoms. The van der Waals surface area contributed by atoms with E-state index in [1.807, 2.05) is 0 Å². The molecule has 2 rings (SSSR count). The Morgan fingerprint density at radius 2 is 2.04 bits per heavy atom. The van der Waals surface area contributed by atoms with E-state index in [4.69, 9.17) is 9.47 Å². The van der Waals surface area contributed by atoms with E-state index in [0.717, 1.165) is 19.6 Å². The molecule has 1 amide bonds. The molecule has 8 nitrogen and oxygen atoms in total. The normalized spacial score (nSPS) is 21.6. The van der Waals surface area contributed by atoms with E-state index in [-0.39, 0.29) is 29.4 Å². The zero-order chi connectivity index (χ0) is 17.5. The molecule has 2 heterocycles. The summed E-state index contributed by atoms with van der Waals surface area (Å²) in [5.74, 6) is -0.282. The second-order valence-corrected chi connectivity index (χ2v) is 6.05. The molecule has 1 fully saturated rings. The van der Waals surface area contributed by atoms with Crippen molar-refractivity contribution in [3.8, 4) is 0 Å². The Bertz CT molecular complexity index is 594. The molecule has 1 aliphatic heterocycles. The number of nitrogens with zero attached hydrogens (tertiary/aromatic N) is 3. The summed E-state index contributed by atoms with van der Waals surface area (Å²) in [5.41, 5.74) is -0.0192. The van der Waals surface area contributed by atoms with Gasteiger partial charge in [-0.05, 0) is 19.9 Å². The Hall–Kier alpha value is -1.77. The van der Waals surface area contributed by atoms with Crippen molar-refractivity contribution in [1.29, 1.82) is 0 Å². The number of rotatable bonds is 7. The van der Waals surface area contributed by atoms with Gasteiger partial charge in [-0.3, -0.25) is 14.5 Å². The molecule has 1 saturated heterocycles. The quantitative estimate of drug-likeness (QED) is 0.737. The van der Waals surface area contributed by atoms with Crippen molar-refractivity contribution in [3.05, 3.63) is 28.2 Å². The van der Waals surface area contributed by atoms with Crippen molar-refractivity contribution in [3.63, 3.8) is 0 Å². The summed E-state index contributed by atoms with van der Waals surface area (Å²) in [6, 6.07) is 2.79. The Labute approximate surface area is 141 Å². The van der Waals surface area contributed by atoms with E-state index in [2.05, 4.69) is 29.2 Å². The zero-order valence-corrected chi connectivity index (χ0v) is 14.5. The predicted octanol–water partition coefficient (Wildman–Crippen LogP) is -0.271. The molecule has 1 N–H and O–H groups in total. The largest absolute Gasteiger partial charge is 0.383 e. The van der Waals surface area contributed by atoms with E-state index in [1.165, 1.54) is 16.8 Å². The number of ether oxygens (including phenoxy) is 2. The van der Waals surface area contributed by atoms with Crippen LogP contribution in [0.1, 0.15) is 24.3 Å². The van der Waals surface area contributed by atoms with E-state index in [1.54, 1.807) is 7.11 Å². The number of methoxy groups -OCH3 is 1. The van der Waals surface area contributed by atoms with Crippen LogP contribution in [0.4, 0.5) is 0 Å². The molecule has 1 aliphatic rings. The number of carbonyl (C=O) groups excluding carboxylic acids is 1. The molecule has 8 heteroatoms. The maximum atomic E-state index is 12.2. The average molecular weight is 338 g/mol. The van der Waals surface area contributed by atoms with E-state index in [0.29, 0.717) is 19.7 Å². The minimum absolute atomic E-state index is 0.204. The maximum absolute atomic E-state index is 12.2. The third-order valence-corrected chi connectivity index (χ3v) is 3.82. The third-order valence-electron chi connectivity index (χ3n) is 3.82. The highest BCUT2D eigenvalue weighted by Crippen LogP contribution is 2.09. The van der Waals surface area contributed by atoms with Gasteiger partial charge in [-0.2, -0.15) is 5.10 Å². The molecule has 0 saturated carbocycles. The van der Waals surface area contributed by atoms with Crippen molar-refractivity contribution < 1.29 is 14.3 Å². The van der Waals surface area contributed by atoms with Crippen molar-refractivity contribution in [1.82, 2.24) is 20.0 Å². The highest BCUT2D eigenvalue weighted by atomic mass is 16.5. The summed E-state index contributed by atoms with van der Waals surface area (Å²) in [7, 11) is 1.55. The number of carbonyl (C=O) groups is 1. The molecule has 0 bridgehead atoms. The summed E-state index contributed by atoms with van der Waals surface area (Å²) in [5, 5.41) is 6.93. The van der Waals surface area contributed by atoms with Crippen LogP contribution in [0, 0.1) is 0 Å². The van der Waals surface area contributed by atoms with Gasteiger partial charge in [0.15, 0.2) is 0 Å². The van der Waals surface area contributed by atoms with Crippen LogP contribution in [0.2, 0.25) is 0 Å². The van der Waals surface area contributed by atoms with Gasteiger partial charge < -0.3 is 14.8 Å². The van der Waals surface area contributed by atoms with Gasteiger partial charge in [0.05, 0.1) is 25.4 Å². The molecule has 0 aliphatic carbocycles. The van der Waals surface area contributed by atoms with Gasteiger partial charge >= 0.3 is 0 Å². The lowest BCUT2D eigenvalue weighted by atomic mass is 10.2. The first-order valence-corrected chi connectivity index (χ1v) is 8.22. The fraction of sp³-hybridized carbons (Fsp3) is 0.688. The molecule has 2 unspecified atom stereocenters. The molecule has 24 heavy (non-hydrogen) atoms. The molecule has 134 valence electrons. The van der Waals surface area contributed by atoms with Crippen LogP contribution in [0.25, 0.3) is 0 Å². The molecule has 0 radical (unpaired) electrons. The molecular formula is C16H26N4O4. The van der Waals surface area contributed by atoms with Crippen LogP contribution in [0.3, 0.4) is 0 Å². The number of hydrogen-bond donors (Lipinski definition) is 1. The Balaban J connectivity index is 1.85. The topological polar surface area (TPSA) is 85.7 Å². The second kappa shape index (κ2) is 8.91. The lowest BCUT2D eigenvalue weighted by molar-refractivity contribution is -0.0672. The van der Waals surface area contributed by atoms with Crippen molar-refractivity contribution >= 4 is 5.91 Å². The predicted molar refractivity (Wildman–Crippen MR) is 89.2 cm³/mol. The third kappa shape index (κ3) is 5.40. The molecule has 2 atom stereocenters. The molecule has 0 aromatic carbocycles. The van der Waals surface area contributed by atoms with Crippen LogP contribution >= 0.6 is 0 Å². The number of hydrogen-bond acceptors (Lipinski definition) is 6. The van der Waals surface area contributed by atoms with Crippen molar-refractivity contribution in [2.24, 2.45) is 0 Å². The Kier molecular flexibility index (Phi) is 6.89. The number of aromatic nitrogens is 2. The minimum Gasteiger partial charge on any atom is -0.383 e. The summed E-state index contributed by atoms with van der Waals surface area (Å²) >= 11 is 0. The molecule has 1 aromatic heterocycles. The molecule has 1 aromatic rings. The lowest BCUT2D eigenvalue weighted by Gasteiger charge is -2.35. The summed E-state index contributed by atoms with van der Waals surface area (Å²) in [4.78, 5) is 26.1. The van der Waals surface area contributed by atoms with Gasteiger partial charge in [-0.25, -0.2) is 4.68 Å². The zero-order valence-electron chi connectivity index (χ0n) is 14.5. The Morgan fingerprint density at radius 3 is 2.71 bits per heavy atom. The summed E-state index contributed by atoms with van der Waals surface area (Å²) < 4.78 is 11.9. The highest BCUT2D eigenvalue weighted by Gasteiger charge is 2.21. The average Bonchev–Trinajstić information content (AvgIpc) is 2.53. The van der Waals surface area contributed by atoms with Crippen LogP contribution in [0.5, 0.6) is 0 Å². The first-order valence-electron chi connectivity index (χ1n) is 8.22. The van der Waals surface area contributed by atoms with Crippen LogP contribution in [-0.2, 0) is 16.0 Å². The fourth-order valence-corrected chi connectivity index (χ4v) is 2.79. The van der Waals surface area contributed by atoms with Gasteiger partial charge in [0, 0.05) is 39.4 Å². The second-order valence-electron chi connectivity index (χ2n) is 6.05. The van der Waals surface area contributed by atoms with Gasteiger partial charge in [0.25, 0.3) is 11.5 Å². The smallest absolute Gasteiger partial charge is 0.271 e. The standard InChI is InChI=1S/C16H26N4O4/c1-12-10-19(11-13(2)24-12)7-6-17-16(22)14-4-5-15(21)20(18-14)8-9-23-3/h4-5,12-13H,6-11H2,1-3H3,(H,17,22). The van der Waals surface area contributed by atoms with E-state index in [9.17, 15) is 9.59 Å². The summed E-state index contributed by atoms with van der Waals surface area (Å²) in [6.07, 6.45) is 0.408. The number of morpholine rings is 1. The van der Waals surface area contributed by atoms with Crippen molar-refractivity contribution in [2.45, 2.75) is 32.6 Å². The SMILES string of the molecule is COCCn1nc(C(=O)NCCN2CC(C)OC(C)C2)ccc1=O. The number of nitrogens with one attached hydrogen (secondary N) is 1. The van der Waals surface area contributed by atoms with E-state index >= 15 is 0 Å². The highest BCUT2D eigenvalue weighted by molar-refractivity contribution is 5.91. The summed E-state index contributed by atoms with van der Waals surface area (Å²) in [6.45, 7) is 7.79. The monoisotopic (exact) mass is 338 g/mol. The minimum atomic E-state index is -0.282. The van der Waals surface area contributed by atoms with Gasteiger partial charge in [0.2, 0.25) is 0 Å². The lowest BCUT2D eigenvalue weighted by Crippen LogP contribution is -2.48. The van der Waals surface area contributed by atoms with Crippen LogP contribution in [-0.4, -0.2) is 72.7 Å². The molecular weight excluding hydrogens is 312 g/mol. The first-order chi connectivity index (χ1) is 11.5. The first kappa shape index (κ1) is 18.6. The van der Waals surface area contributed by atoms with Crippen LogP contribution in [0.15, 0.2) is 16.9 Å². The maximum Gasteiger partial charge on any atom is 0.271 e. The van der Waals surface area contributed by atoms with Gasteiger partial charge in [-0.15, -0.1) is 0 Å². The fourth-order valence-electron chi connectivity index (χ4n) is 2.79. The number of amides is 1. The van der Waals surface area contributed by atoms with Crippen molar-refractivity contribution in [2.75, 3.05) is 39.9 Å². The van der Waals surface area contributed by atoms with Crippen LogP contribution < -0.4 is 10.9 Å².